The summed E-state index contributed by atoms with van der Waals surface area (Å²) < 4.78 is 55.9. The van der Waals surface area contributed by atoms with Crippen LogP contribution in [0.4, 0.5) is 17.6 Å². The molecule has 0 bridgehead atoms. The number of amides is 2. The number of carbonyl (C=O) groups excluding carboxylic acids is 2. The summed E-state index contributed by atoms with van der Waals surface area (Å²) in [6.45, 7) is 0.165. The van der Waals surface area contributed by atoms with Crippen LogP contribution in [0.15, 0.2) is 42.6 Å². The predicted molar refractivity (Wildman–Crippen MR) is 123 cm³/mol. The molecule has 2 amide bonds. The topological polar surface area (TPSA) is 74.3 Å². The van der Waals surface area contributed by atoms with Crippen LogP contribution in [0.1, 0.15) is 46.8 Å². The van der Waals surface area contributed by atoms with Crippen LogP contribution in [0.2, 0.25) is 0 Å². The number of halogens is 4. The maximum absolute atomic E-state index is 14.3. The molecule has 6 nitrogen and oxygen atoms in total. The molecule has 190 valence electrons. The Morgan fingerprint density at radius 1 is 1.17 bits per heavy atom. The van der Waals surface area contributed by atoms with Gasteiger partial charge in [-0.1, -0.05) is 12.1 Å². The van der Waals surface area contributed by atoms with E-state index < -0.39 is 35.1 Å². The lowest BCUT2D eigenvalue weighted by atomic mass is 9.82. The van der Waals surface area contributed by atoms with E-state index in [1.54, 1.807) is 32.3 Å². The van der Waals surface area contributed by atoms with Crippen molar-refractivity contribution in [3.05, 3.63) is 65.2 Å². The Kier molecular flexibility index (Phi) is 8.15. The number of hydrogen-bond donors (Lipinski definition) is 2. The molecule has 1 aromatic carbocycles. The fourth-order valence-electron chi connectivity index (χ4n) is 4.33. The van der Waals surface area contributed by atoms with Gasteiger partial charge in [0.1, 0.15) is 5.82 Å². The summed E-state index contributed by atoms with van der Waals surface area (Å²) >= 11 is 0. The minimum atomic E-state index is -4.42. The summed E-state index contributed by atoms with van der Waals surface area (Å²) in [6, 6.07) is 8.86. The van der Waals surface area contributed by atoms with Crippen LogP contribution < -0.4 is 10.6 Å². The Labute approximate surface area is 202 Å². The molecule has 1 aromatic heterocycles. The number of aromatic nitrogens is 1. The highest BCUT2D eigenvalue weighted by Gasteiger charge is 2.67. The molecule has 2 N–H and O–H groups in total. The van der Waals surface area contributed by atoms with E-state index >= 15 is 0 Å². The molecule has 1 saturated carbocycles. The molecular weight excluding hydrogens is 464 g/mol. The number of nitrogens with zero attached hydrogens (tertiary/aromatic N) is 2. The second-order valence-electron chi connectivity index (χ2n) is 9.18. The number of carbonyl (C=O) groups is 2. The van der Waals surface area contributed by atoms with Gasteiger partial charge in [0.05, 0.1) is 11.0 Å². The molecule has 2 atom stereocenters. The second-order valence-corrected chi connectivity index (χ2v) is 9.18. The van der Waals surface area contributed by atoms with E-state index in [4.69, 9.17) is 0 Å². The zero-order valence-electron chi connectivity index (χ0n) is 20.0. The normalized spacial score (nSPS) is 16.5. The minimum Gasteiger partial charge on any atom is -0.355 e. The molecule has 1 heterocycles. The van der Waals surface area contributed by atoms with Gasteiger partial charge in [-0.3, -0.25) is 14.6 Å². The molecule has 1 aliphatic carbocycles. The standard InChI is InChI=1S/C25H30F4N4O2/c1-30-23(35)18-8-7-16(13-20(18)26)12-17(33(2)3)15-32-22(34)14-19(21-6-4-5-11-31-21)24(9-10-24)25(27,28)29/h4-8,11,13,17,19H,9-10,12,14-15H2,1-3H3,(H,30,35)(H,32,34). The summed E-state index contributed by atoms with van der Waals surface area (Å²) in [6.07, 6.45) is -3.00. The van der Waals surface area contributed by atoms with Crippen LogP contribution in [0.3, 0.4) is 0 Å². The SMILES string of the molecule is CNC(=O)c1ccc(CC(CNC(=O)CC(c2ccccn2)C2(C(F)(F)F)CC2)N(C)C)cc1F. The van der Waals surface area contributed by atoms with Gasteiger partial charge in [0, 0.05) is 43.9 Å². The average molecular weight is 495 g/mol. The third kappa shape index (κ3) is 6.17. The predicted octanol–water partition coefficient (Wildman–Crippen LogP) is 3.69. The first-order chi connectivity index (χ1) is 16.5. The highest BCUT2D eigenvalue weighted by atomic mass is 19.4. The Morgan fingerprint density at radius 2 is 1.89 bits per heavy atom. The molecule has 0 saturated heterocycles. The average Bonchev–Trinajstić information content (AvgIpc) is 3.62. The lowest BCUT2D eigenvalue weighted by Gasteiger charge is -2.29. The van der Waals surface area contributed by atoms with Crippen LogP contribution in [0, 0.1) is 11.2 Å². The molecule has 3 rings (SSSR count). The number of nitrogens with one attached hydrogen (secondary N) is 2. The molecule has 2 aromatic rings. The molecule has 10 heteroatoms. The van der Waals surface area contributed by atoms with Gasteiger partial charge in [0.25, 0.3) is 5.91 Å². The highest BCUT2D eigenvalue weighted by Crippen LogP contribution is 2.65. The summed E-state index contributed by atoms with van der Waals surface area (Å²) in [7, 11) is 5.01. The van der Waals surface area contributed by atoms with Gasteiger partial charge in [-0.05, 0) is 63.2 Å². The molecular formula is C25H30F4N4O2. The maximum atomic E-state index is 14.3. The Hall–Kier alpha value is -3.01. The summed E-state index contributed by atoms with van der Waals surface area (Å²) in [4.78, 5) is 30.4. The maximum Gasteiger partial charge on any atom is 0.395 e. The van der Waals surface area contributed by atoms with Crippen molar-refractivity contribution in [3.63, 3.8) is 0 Å². The number of likely N-dealkylation sites (N-methyl/N-ethyl adjacent to an activating group) is 1. The Bertz CT molecular complexity index is 1040. The van der Waals surface area contributed by atoms with Gasteiger partial charge < -0.3 is 15.5 Å². The van der Waals surface area contributed by atoms with E-state index in [1.807, 2.05) is 4.90 Å². The van der Waals surface area contributed by atoms with Crippen molar-refractivity contribution in [2.45, 2.75) is 43.8 Å². The second kappa shape index (κ2) is 10.7. The van der Waals surface area contributed by atoms with E-state index in [2.05, 4.69) is 15.6 Å². The number of hydrogen-bond acceptors (Lipinski definition) is 4. The fraction of sp³-hybridized carbons (Fsp3) is 0.480. The number of rotatable bonds is 10. The fourth-order valence-corrected chi connectivity index (χ4v) is 4.33. The van der Waals surface area contributed by atoms with Gasteiger partial charge in [0.15, 0.2) is 0 Å². The quantitative estimate of drug-likeness (QED) is 0.495. The third-order valence-corrected chi connectivity index (χ3v) is 6.70. The van der Waals surface area contributed by atoms with Gasteiger partial charge in [-0.15, -0.1) is 0 Å². The Morgan fingerprint density at radius 3 is 2.40 bits per heavy atom. The number of alkyl halides is 3. The van der Waals surface area contributed by atoms with Gasteiger partial charge in [0.2, 0.25) is 5.91 Å². The van der Waals surface area contributed by atoms with Crippen molar-refractivity contribution in [3.8, 4) is 0 Å². The molecule has 1 aliphatic rings. The summed E-state index contributed by atoms with van der Waals surface area (Å²) in [5.41, 5.74) is -1.11. The van der Waals surface area contributed by atoms with E-state index in [-0.39, 0.29) is 43.1 Å². The molecule has 1 fully saturated rings. The van der Waals surface area contributed by atoms with Gasteiger partial charge in [-0.2, -0.15) is 13.2 Å². The first-order valence-electron chi connectivity index (χ1n) is 11.4. The van der Waals surface area contributed by atoms with E-state index in [1.165, 1.54) is 31.4 Å². The molecule has 0 aliphatic heterocycles. The van der Waals surface area contributed by atoms with Crippen molar-refractivity contribution in [1.29, 1.82) is 0 Å². The monoisotopic (exact) mass is 494 g/mol. The van der Waals surface area contributed by atoms with E-state index in [0.29, 0.717) is 12.0 Å². The van der Waals surface area contributed by atoms with E-state index in [0.717, 1.165) is 0 Å². The van der Waals surface area contributed by atoms with Gasteiger partial charge in [-0.25, -0.2) is 4.39 Å². The molecule has 0 radical (unpaired) electrons. The first-order valence-corrected chi connectivity index (χ1v) is 11.4. The van der Waals surface area contributed by atoms with E-state index in [9.17, 15) is 27.2 Å². The number of pyridine rings is 1. The van der Waals surface area contributed by atoms with Crippen LogP contribution in [-0.2, 0) is 11.2 Å². The molecule has 0 spiro atoms. The largest absolute Gasteiger partial charge is 0.395 e. The third-order valence-electron chi connectivity index (χ3n) is 6.70. The van der Waals surface area contributed by atoms with Crippen LogP contribution >= 0.6 is 0 Å². The van der Waals surface area contributed by atoms with Crippen LogP contribution in [0.5, 0.6) is 0 Å². The summed E-state index contributed by atoms with van der Waals surface area (Å²) in [5, 5.41) is 5.13. The molecule has 2 unspecified atom stereocenters. The van der Waals surface area contributed by atoms with Gasteiger partial charge >= 0.3 is 6.18 Å². The Balaban J connectivity index is 1.68. The van der Waals surface area contributed by atoms with Crippen molar-refractivity contribution < 1.29 is 27.2 Å². The lowest BCUT2D eigenvalue weighted by molar-refractivity contribution is -0.195. The van der Waals surface area contributed by atoms with Crippen molar-refractivity contribution in [1.82, 2.24) is 20.5 Å². The van der Waals surface area contributed by atoms with Crippen molar-refractivity contribution in [2.24, 2.45) is 5.41 Å². The van der Waals surface area contributed by atoms with Crippen molar-refractivity contribution >= 4 is 11.8 Å². The lowest BCUT2D eigenvalue weighted by Crippen LogP contribution is -2.43. The minimum absolute atomic E-state index is 0.0248. The number of benzene rings is 1. The highest BCUT2D eigenvalue weighted by molar-refractivity contribution is 5.94. The zero-order valence-corrected chi connectivity index (χ0v) is 20.0. The van der Waals surface area contributed by atoms with Crippen LogP contribution in [0.25, 0.3) is 0 Å². The smallest absolute Gasteiger partial charge is 0.355 e. The summed E-state index contributed by atoms with van der Waals surface area (Å²) in [5.74, 6) is -2.74. The van der Waals surface area contributed by atoms with Crippen molar-refractivity contribution in [2.75, 3.05) is 27.7 Å². The zero-order chi connectivity index (χ0) is 25.8. The first kappa shape index (κ1) is 26.6. The molecule has 35 heavy (non-hydrogen) atoms. The van der Waals surface area contributed by atoms with Crippen LogP contribution in [-0.4, -0.2) is 61.6 Å².